The lowest BCUT2D eigenvalue weighted by Crippen LogP contribution is -2.43. The molecule has 2 aromatic heterocycles. The molecule has 0 unspecified atom stereocenters. The molecule has 0 atom stereocenters. The Morgan fingerprint density at radius 1 is 1.30 bits per heavy atom. The molecule has 0 fully saturated rings. The highest BCUT2D eigenvalue weighted by Crippen LogP contribution is 2.29. The van der Waals surface area contributed by atoms with Gasteiger partial charge in [-0.2, -0.15) is 0 Å². The van der Waals surface area contributed by atoms with Crippen LogP contribution in [0.25, 0.3) is 0 Å². The highest BCUT2D eigenvalue weighted by molar-refractivity contribution is 7.09. The van der Waals surface area contributed by atoms with Gasteiger partial charge in [-0.15, -0.1) is 21.5 Å². The molecule has 0 bridgehead atoms. The van der Waals surface area contributed by atoms with Crippen molar-refractivity contribution in [1.29, 1.82) is 0 Å². The summed E-state index contributed by atoms with van der Waals surface area (Å²) in [5.41, 5.74) is 0.0709. The van der Waals surface area contributed by atoms with Crippen LogP contribution in [-0.2, 0) is 20.1 Å². The lowest BCUT2D eigenvalue weighted by molar-refractivity contribution is 0.169. The summed E-state index contributed by atoms with van der Waals surface area (Å²) >= 11 is 1.72. The number of aromatic nitrogens is 3. The van der Waals surface area contributed by atoms with E-state index in [1.165, 1.54) is 4.88 Å². The average molecular weight is 393 g/mol. The van der Waals surface area contributed by atoms with E-state index in [4.69, 9.17) is 4.99 Å². The van der Waals surface area contributed by atoms with Crippen LogP contribution in [-0.4, -0.2) is 39.0 Å². The molecule has 0 spiro atoms. The summed E-state index contributed by atoms with van der Waals surface area (Å²) in [5.74, 6) is 2.46. The molecule has 0 saturated carbocycles. The number of hydrogen-bond acceptors (Lipinski definition) is 5. The summed E-state index contributed by atoms with van der Waals surface area (Å²) in [5, 5.41) is 26.7. The van der Waals surface area contributed by atoms with E-state index in [0.717, 1.165) is 50.0 Å². The normalized spacial score (nSPS) is 12.4. The van der Waals surface area contributed by atoms with E-state index in [2.05, 4.69) is 52.2 Å². The first-order valence-corrected chi connectivity index (χ1v) is 10.4. The molecular weight excluding hydrogens is 360 g/mol. The molecule has 8 heteroatoms. The van der Waals surface area contributed by atoms with E-state index < -0.39 is 0 Å². The van der Waals surface area contributed by atoms with Crippen molar-refractivity contribution in [2.24, 2.45) is 17.5 Å². The molecule has 0 aliphatic carbocycles. The van der Waals surface area contributed by atoms with Gasteiger partial charge in [0.2, 0.25) is 0 Å². The third-order valence-electron chi connectivity index (χ3n) is 5.34. The maximum Gasteiger partial charge on any atom is 0.192 e. The number of rotatable bonds is 10. The Bertz CT molecular complexity index is 706. The van der Waals surface area contributed by atoms with Gasteiger partial charge in [0.15, 0.2) is 11.8 Å². The summed E-state index contributed by atoms with van der Waals surface area (Å²) in [4.78, 5) is 5.97. The van der Waals surface area contributed by atoms with Crippen molar-refractivity contribution in [3.05, 3.63) is 34.0 Å². The molecule has 150 valence electrons. The van der Waals surface area contributed by atoms with E-state index >= 15 is 0 Å². The van der Waals surface area contributed by atoms with Gasteiger partial charge in [0.25, 0.3) is 0 Å². The number of thiophene rings is 1. The van der Waals surface area contributed by atoms with Crippen molar-refractivity contribution in [2.45, 2.75) is 53.1 Å². The number of nitrogens with one attached hydrogen (secondary N) is 2. The Balaban J connectivity index is 2.08. The molecule has 0 amide bonds. The second-order valence-electron chi connectivity index (χ2n) is 6.85. The van der Waals surface area contributed by atoms with Gasteiger partial charge in [-0.1, -0.05) is 19.9 Å². The van der Waals surface area contributed by atoms with Gasteiger partial charge in [-0.3, -0.25) is 0 Å². The summed E-state index contributed by atoms with van der Waals surface area (Å²) < 4.78 is 1.95. The largest absolute Gasteiger partial charge is 0.396 e. The van der Waals surface area contributed by atoms with Crippen LogP contribution in [0, 0.1) is 12.3 Å². The van der Waals surface area contributed by atoms with Gasteiger partial charge >= 0.3 is 0 Å². The Morgan fingerprint density at radius 3 is 2.63 bits per heavy atom. The third-order valence-corrected chi connectivity index (χ3v) is 6.22. The molecule has 2 rings (SSSR count). The van der Waals surface area contributed by atoms with Gasteiger partial charge in [-0.05, 0) is 43.0 Å². The van der Waals surface area contributed by atoms with E-state index in [9.17, 15) is 5.11 Å². The molecule has 0 aliphatic rings. The van der Waals surface area contributed by atoms with Crippen LogP contribution in [0.2, 0.25) is 0 Å². The fourth-order valence-corrected chi connectivity index (χ4v) is 3.59. The predicted octanol–water partition coefficient (Wildman–Crippen LogP) is 2.61. The molecule has 2 aromatic rings. The predicted molar refractivity (Wildman–Crippen MR) is 111 cm³/mol. The van der Waals surface area contributed by atoms with Crippen molar-refractivity contribution in [2.75, 3.05) is 13.2 Å². The van der Waals surface area contributed by atoms with Gasteiger partial charge in [0.1, 0.15) is 12.4 Å². The standard InChI is InChI=1S/C19H32N6OS/c1-5-19(6-2,9-10-26)14-22-18(20-12-16-8-7-11-27-16)21-13-17-24-23-15(3)25(17)4/h7-8,11,26H,5-6,9-10,12-14H2,1-4H3,(H2,20,21,22). The summed E-state index contributed by atoms with van der Waals surface area (Å²) in [6.45, 7) is 8.46. The number of aliphatic hydroxyl groups is 1. The Kier molecular flexibility index (Phi) is 8.24. The van der Waals surface area contributed by atoms with Gasteiger partial charge in [0, 0.05) is 25.1 Å². The average Bonchev–Trinajstić information content (AvgIpc) is 3.31. The van der Waals surface area contributed by atoms with Crippen molar-refractivity contribution in [3.63, 3.8) is 0 Å². The fourth-order valence-electron chi connectivity index (χ4n) is 2.95. The number of guanidine groups is 1. The lowest BCUT2D eigenvalue weighted by Gasteiger charge is -2.32. The van der Waals surface area contributed by atoms with Crippen LogP contribution in [0.4, 0.5) is 0 Å². The van der Waals surface area contributed by atoms with E-state index in [-0.39, 0.29) is 12.0 Å². The van der Waals surface area contributed by atoms with Gasteiger partial charge in [-0.25, -0.2) is 4.99 Å². The second-order valence-corrected chi connectivity index (χ2v) is 7.89. The lowest BCUT2D eigenvalue weighted by atomic mass is 9.79. The van der Waals surface area contributed by atoms with Crippen LogP contribution < -0.4 is 10.6 Å². The first kappa shape index (κ1) is 21.4. The maximum atomic E-state index is 9.45. The number of nitrogens with zero attached hydrogens (tertiary/aromatic N) is 4. The molecule has 0 saturated heterocycles. The molecule has 2 heterocycles. The quantitative estimate of drug-likeness (QED) is 0.427. The third kappa shape index (κ3) is 6.04. The molecule has 3 N–H and O–H groups in total. The number of aryl methyl sites for hydroxylation is 1. The van der Waals surface area contributed by atoms with Crippen molar-refractivity contribution >= 4 is 17.3 Å². The summed E-state index contributed by atoms with van der Waals surface area (Å²) in [6, 6.07) is 4.16. The molecule has 0 aromatic carbocycles. The van der Waals surface area contributed by atoms with Crippen LogP contribution in [0.3, 0.4) is 0 Å². The summed E-state index contributed by atoms with van der Waals surface area (Å²) in [7, 11) is 1.95. The zero-order valence-electron chi connectivity index (χ0n) is 16.8. The van der Waals surface area contributed by atoms with E-state index in [1.54, 1.807) is 11.3 Å². The highest BCUT2D eigenvalue weighted by Gasteiger charge is 2.25. The molecule has 0 radical (unpaired) electrons. The van der Waals surface area contributed by atoms with E-state index in [1.807, 2.05) is 18.5 Å². The van der Waals surface area contributed by atoms with Gasteiger partial charge < -0.3 is 20.3 Å². The zero-order valence-corrected chi connectivity index (χ0v) is 17.6. The van der Waals surface area contributed by atoms with Crippen molar-refractivity contribution < 1.29 is 5.11 Å². The monoisotopic (exact) mass is 392 g/mol. The van der Waals surface area contributed by atoms with Crippen LogP contribution >= 0.6 is 11.3 Å². The van der Waals surface area contributed by atoms with Crippen molar-refractivity contribution in [3.8, 4) is 0 Å². The number of aliphatic hydroxyl groups excluding tert-OH is 1. The molecule has 0 aliphatic heterocycles. The minimum atomic E-state index is 0.0709. The molecule has 27 heavy (non-hydrogen) atoms. The summed E-state index contributed by atoms with van der Waals surface area (Å²) in [6.07, 6.45) is 2.81. The first-order valence-electron chi connectivity index (χ1n) is 9.54. The van der Waals surface area contributed by atoms with E-state index in [0.29, 0.717) is 6.54 Å². The topological polar surface area (TPSA) is 87.4 Å². The Hall–Kier alpha value is -1.93. The number of aliphatic imine (C=N–C) groups is 1. The van der Waals surface area contributed by atoms with Crippen LogP contribution in [0.15, 0.2) is 22.5 Å². The van der Waals surface area contributed by atoms with Crippen LogP contribution in [0.1, 0.15) is 49.6 Å². The highest BCUT2D eigenvalue weighted by atomic mass is 32.1. The SMILES string of the molecule is CCC(CC)(CCO)CNC(=NCc1nnc(C)n1C)NCc1cccs1. The smallest absolute Gasteiger partial charge is 0.192 e. The Labute approximate surface area is 165 Å². The molecular formula is C19H32N6OS. The Morgan fingerprint density at radius 2 is 2.07 bits per heavy atom. The minimum Gasteiger partial charge on any atom is -0.396 e. The van der Waals surface area contributed by atoms with Crippen LogP contribution in [0.5, 0.6) is 0 Å². The minimum absolute atomic E-state index is 0.0709. The zero-order chi connectivity index (χ0) is 19.7. The van der Waals surface area contributed by atoms with Crippen molar-refractivity contribution in [1.82, 2.24) is 25.4 Å². The maximum absolute atomic E-state index is 9.45. The number of hydrogen-bond donors (Lipinski definition) is 3. The molecule has 7 nitrogen and oxygen atoms in total. The first-order chi connectivity index (χ1) is 13.0. The fraction of sp³-hybridized carbons (Fsp3) is 0.632. The second kappa shape index (κ2) is 10.4. The van der Waals surface area contributed by atoms with Gasteiger partial charge in [0.05, 0.1) is 6.54 Å².